The number of amides is 1. The molecule has 1 amide bonds. The summed E-state index contributed by atoms with van der Waals surface area (Å²) >= 11 is 0. The molecule has 2 heterocycles. The molecule has 1 atom stereocenters. The lowest BCUT2D eigenvalue weighted by Crippen LogP contribution is -2.52. The van der Waals surface area contributed by atoms with E-state index in [9.17, 15) is 4.79 Å². The van der Waals surface area contributed by atoms with Crippen molar-refractivity contribution in [3.8, 4) is 0 Å². The average Bonchev–Trinajstić information content (AvgIpc) is 3.12. The van der Waals surface area contributed by atoms with Crippen LogP contribution in [0.4, 0.5) is 4.79 Å². The van der Waals surface area contributed by atoms with E-state index < -0.39 is 5.60 Å². The van der Waals surface area contributed by atoms with Gasteiger partial charge >= 0.3 is 6.09 Å². The normalized spacial score (nSPS) is 21.0. The molecule has 5 nitrogen and oxygen atoms in total. The fourth-order valence-electron chi connectivity index (χ4n) is 3.86. The second-order valence-corrected chi connectivity index (χ2v) is 8.44. The molecule has 2 aliphatic rings. The van der Waals surface area contributed by atoms with Gasteiger partial charge in [0, 0.05) is 38.8 Å². The van der Waals surface area contributed by atoms with Gasteiger partial charge < -0.3 is 14.5 Å². The summed E-state index contributed by atoms with van der Waals surface area (Å²) < 4.78 is 5.53. The molecule has 1 unspecified atom stereocenters. The largest absolute Gasteiger partial charge is 0.444 e. The first kappa shape index (κ1) is 19.2. The molecule has 26 heavy (non-hydrogen) atoms. The molecule has 3 rings (SSSR count). The van der Waals surface area contributed by atoms with Crippen molar-refractivity contribution in [1.29, 1.82) is 0 Å². The average molecular weight is 360 g/mol. The predicted molar refractivity (Wildman–Crippen MR) is 104 cm³/mol. The number of carbonyl (C=O) groups is 1. The first-order chi connectivity index (χ1) is 12.4. The molecule has 1 aromatic rings. The van der Waals surface area contributed by atoms with E-state index in [4.69, 9.17) is 4.74 Å². The summed E-state index contributed by atoms with van der Waals surface area (Å²) in [5.74, 6) is 0. The topological polar surface area (TPSA) is 36.0 Å². The lowest BCUT2D eigenvalue weighted by molar-refractivity contribution is 0.00844. The highest BCUT2D eigenvalue weighted by atomic mass is 16.6. The van der Waals surface area contributed by atoms with Crippen LogP contribution in [0.25, 0.3) is 0 Å². The van der Waals surface area contributed by atoms with Crippen LogP contribution in [0, 0.1) is 0 Å². The Balaban J connectivity index is 1.62. The van der Waals surface area contributed by atoms with Gasteiger partial charge in [0.15, 0.2) is 0 Å². The second-order valence-electron chi connectivity index (χ2n) is 8.44. The summed E-state index contributed by atoms with van der Waals surface area (Å²) in [4.78, 5) is 19.3. The van der Waals surface area contributed by atoms with Gasteiger partial charge in [-0.05, 0) is 52.3 Å². The molecule has 144 valence electrons. The van der Waals surface area contributed by atoms with Crippen molar-refractivity contribution in [2.24, 2.45) is 0 Å². The number of piperazine rings is 1. The van der Waals surface area contributed by atoms with Gasteiger partial charge in [0.05, 0.1) is 0 Å². The fourth-order valence-corrected chi connectivity index (χ4v) is 3.86. The van der Waals surface area contributed by atoms with Gasteiger partial charge in [0.1, 0.15) is 5.60 Å². The zero-order valence-corrected chi connectivity index (χ0v) is 16.5. The maximum absolute atomic E-state index is 12.3. The van der Waals surface area contributed by atoms with Crippen molar-refractivity contribution in [3.05, 3.63) is 35.9 Å². The molecule has 2 saturated heterocycles. The Hall–Kier alpha value is -1.59. The van der Waals surface area contributed by atoms with Crippen molar-refractivity contribution in [2.75, 3.05) is 45.8 Å². The summed E-state index contributed by atoms with van der Waals surface area (Å²) in [6.45, 7) is 12.5. The van der Waals surface area contributed by atoms with Crippen LogP contribution < -0.4 is 0 Å². The lowest BCUT2D eigenvalue weighted by atomic mass is 10.0. The zero-order valence-electron chi connectivity index (χ0n) is 16.5. The number of rotatable bonds is 4. The standard InChI is InChI=1S/C21H33N3O2/c1-21(2,3)26-20(25)24-15-13-23(14-16-24)19(17-22-11-7-8-12-22)18-9-5-4-6-10-18/h4-6,9-10,19H,7-8,11-17H2,1-3H3. The molecule has 0 bridgehead atoms. The van der Waals surface area contributed by atoms with E-state index in [0.717, 1.165) is 32.7 Å². The molecular formula is C21H33N3O2. The van der Waals surface area contributed by atoms with Crippen LogP contribution in [0.3, 0.4) is 0 Å². The van der Waals surface area contributed by atoms with Gasteiger partial charge in [-0.2, -0.15) is 0 Å². The van der Waals surface area contributed by atoms with E-state index in [1.807, 2.05) is 25.7 Å². The van der Waals surface area contributed by atoms with E-state index >= 15 is 0 Å². The molecule has 0 saturated carbocycles. The lowest BCUT2D eigenvalue weighted by Gasteiger charge is -2.41. The van der Waals surface area contributed by atoms with Crippen molar-refractivity contribution in [3.63, 3.8) is 0 Å². The third kappa shape index (κ3) is 5.21. The van der Waals surface area contributed by atoms with Crippen molar-refractivity contribution >= 4 is 6.09 Å². The van der Waals surface area contributed by atoms with E-state index in [1.54, 1.807) is 0 Å². The molecule has 5 heteroatoms. The van der Waals surface area contributed by atoms with E-state index in [1.165, 1.54) is 31.5 Å². The van der Waals surface area contributed by atoms with Crippen molar-refractivity contribution in [1.82, 2.24) is 14.7 Å². The maximum Gasteiger partial charge on any atom is 0.410 e. The fraction of sp³-hybridized carbons (Fsp3) is 0.667. The molecular weight excluding hydrogens is 326 g/mol. The minimum Gasteiger partial charge on any atom is -0.444 e. The molecule has 2 fully saturated rings. The Morgan fingerprint density at radius 2 is 1.62 bits per heavy atom. The van der Waals surface area contributed by atoms with Crippen LogP contribution in [0.2, 0.25) is 0 Å². The van der Waals surface area contributed by atoms with Crippen molar-refractivity contribution < 1.29 is 9.53 Å². The summed E-state index contributed by atoms with van der Waals surface area (Å²) in [5.41, 5.74) is 0.946. The number of benzene rings is 1. The summed E-state index contributed by atoms with van der Waals surface area (Å²) in [7, 11) is 0. The number of hydrogen-bond donors (Lipinski definition) is 0. The minimum absolute atomic E-state index is 0.187. The van der Waals surface area contributed by atoms with E-state index in [-0.39, 0.29) is 6.09 Å². The van der Waals surface area contributed by atoms with Crippen LogP contribution in [-0.4, -0.2) is 72.2 Å². The predicted octanol–water partition coefficient (Wildman–Crippen LogP) is 3.38. The molecule has 2 aliphatic heterocycles. The molecule has 0 radical (unpaired) electrons. The van der Waals surface area contributed by atoms with Gasteiger partial charge in [-0.15, -0.1) is 0 Å². The second kappa shape index (κ2) is 8.40. The number of likely N-dealkylation sites (tertiary alicyclic amines) is 1. The Bertz CT molecular complexity index is 571. The van der Waals surface area contributed by atoms with Gasteiger partial charge in [-0.25, -0.2) is 4.79 Å². The van der Waals surface area contributed by atoms with Gasteiger partial charge in [-0.1, -0.05) is 30.3 Å². The van der Waals surface area contributed by atoms with Crippen LogP contribution in [0.15, 0.2) is 30.3 Å². The van der Waals surface area contributed by atoms with Gasteiger partial charge in [0.25, 0.3) is 0 Å². The highest BCUT2D eigenvalue weighted by molar-refractivity contribution is 5.68. The first-order valence-corrected chi connectivity index (χ1v) is 9.92. The molecule has 0 spiro atoms. The summed E-state index contributed by atoms with van der Waals surface area (Å²) in [6.07, 6.45) is 2.44. The third-order valence-corrected chi connectivity index (χ3v) is 5.22. The number of hydrogen-bond acceptors (Lipinski definition) is 4. The summed E-state index contributed by atoms with van der Waals surface area (Å²) in [5, 5.41) is 0. The van der Waals surface area contributed by atoms with Crippen LogP contribution in [0.5, 0.6) is 0 Å². The minimum atomic E-state index is -0.434. The van der Waals surface area contributed by atoms with Crippen molar-refractivity contribution in [2.45, 2.75) is 45.3 Å². The Morgan fingerprint density at radius 1 is 1.00 bits per heavy atom. The number of ether oxygens (including phenoxy) is 1. The Morgan fingerprint density at radius 3 is 2.19 bits per heavy atom. The van der Waals surface area contributed by atoms with E-state index in [0.29, 0.717) is 6.04 Å². The van der Waals surface area contributed by atoms with Gasteiger partial charge in [0.2, 0.25) is 0 Å². The molecule has 0 aliphatic carbocycles. The van der Waals surface area contributed by atoms with Crippen LogP contribution in [-0.2, 0) is 4.74 Å². The smallest absolute Gasteiger partial charge is 0.410 e. The first-order valence-electron chi connectivity index (χ1n) is 9.92. The molecule has 0 aromatic heterocycles. The third-order valence-electron chi connectivity index (χ3n) is 5.22. The molecule has 1 aromatic carbocycles. The summed E-state index contributed by atoms with van der Waals surface area (Å²) in [6, 6.07) is 11.2. The Kier molecular flexibility index (Phi) is 6.20. The monoisotopic (exact) mass is 359 g/mol. The van der Waals surface area contributed by atoms with Gasteiger partial charge in [-0.3, -0.25) is 4.90 Å². The SMILES string of the molecule is CC(C)(C)OC(=O)N1CCN(C(CN2CCCC2)c2ccccc2)CC1. The number of carbonyl (C=O) groups excluding carboxylic acids is 1. The maximum atomic E-state index is 12.3. The highest BCUT2D eigenvalue weighted by Crippen LogP contribution is 2.25. The van der Waals surface area contributed by atoms with Crippen LogP contribution >= 0.6 is 0 Å². The van der Waals surface area contributed by atoms with E-state index in [2.05, 4.69) is 40.1 Å². The number of nitrogens with zero attached hydrogens (tertiary/aromatic N) is 3. The quantitative estimate of drug-likeness (QED) is 0.826. The highest BCUT2D eigenvalue weighted by Gasteiger charge is 2.30. The molecule has 0 N–H and O–H groups in total. The van der Waals surface area contributed by atoms with Crippen LogP contribution in [0.1, 0.15) is 45.2 Å². The Labute approximate surface area is 157 Å². The zero-order chi connectivity index (χ0) is 18.6.